The first-order valence-electron chi connectivity index (χ1n) is 5.87. The summed E-state index contributed by atoms with van der Waals surface area (Å²) in [6, 6.07) is 7.92. The van der Waals surface area contributed by atoms with E-state index < -0.39 is 5.60 Å². The van der Waals surface area contributed by atoms with Gasteiger partial charge >= 0.3 is 0 Å². The van der Waals surface area contributed by atoms with Crippen LogP contribution in [0.15, 0.2) is 35.6 Å². The summed E-state index contributed by atoms with van der Waals surface area (Å²) in [5.41, 5.74) is 5.64. The molecule has 1 aromatic carbocycles. The molecule has 0 bridgehead atoms. The topological polar surface area (TPSA) is 72.0 Å². The van der Waals surface area contributed by atoms with Gasteiger partial charge in [0.15, 0.2) is 0 Å². The van der Waals surface area contributed by atoms with Gasteiger partial charge in [-0.05, 0) is 19.4 Å². The molecule has 0 saturated carbocycles. The fourth-order valence-electron chi connectivity index (χ4n) is 1.56. The highest BCUT2D eigenvalue weighted by Crippen LogP contribution is 2.25. The first-order valence-corrected chi connectivity index (χ1v) is 6.86. The summed E-state index contributed by atoms with van der Waals surface area (Å²) in [5, 5.41) is 11.8. The summed E-state index contributed by atoms with van der Waals surface area (Å²) in [5.74, 6) is 0.783. The molecule has 96 valence electrons. The van der Waals surface area contributed by atoms with E-state index in [1.54, 1.807) is 25.0 Å². The van der Waals surface area contributed by atoms with E-state index in [0.717, 1.165) is 21.7 Å². The van der Waals surface area contributed by atoms with Crippen LogP contribution in [-0.2, 0) is 0 Å². The van der Waals surface area contributed by atoms with E-state index >= 15 is 0 Å². The number of nitrogens with zero attached hydrogens (tertiary/aromatic N) is 2. The SMILES string of the molecule is CC(O)(CN)CCSc1ncnc2ccccc12. The molecule has 1 aromatic heterocycles. The number of para-hydroxylation sites is 1. The monoisotopic (exact) mass is 263 g/mol. The van der Waals surface area contributed by atoms with Gasteiger partial charge in [-0.2, -0.15) is 0 Å². The van der Waals surface area contributed by atoms with Crippen LogP contribution >= 0.6 is 11.8 Å². The minimum absolute atomic E-state index is 0.276. The van der Waals surface area contributed by atoms with E-state index in [0.29, 0.717) is 6.42 Å². The predicted molar refractivity (Wildman–Crippen MR) is 74.6 cm³/mol. The second kappa shape index (κ2) is 5.65. The number of benzene rings is 1. The molecule has 1 atom stereocenters. The van der Waals surface area contributed by atoms with Crippen LogP contribution in [0.25, 0.3) is 10.9 Å². The first kappa shape index (κ1) is 13.3. The Kier molecular flexibility index (Phi) is 4.16. The van der Waals surface area contributed by atoms with Gasteiger partial charge in [0.1, 0.15) is 11.4 Å². The van der Waals surface area contributed by atoms with E-state index in [-0.39, 0.29) is 6.54 Å². The quantitative estimate of drug-likeness (QED) is 0.636. The third-order valence-corrected chi connectivity index (χ3v) is 3.83. The molecular formula is C13H17N3OS. The van der Waals surface area contributed by atoms with E-state index in [1.165, 1.54) is 0 Å². The maximum atomic E-state index is 9.84. The lowest BCUT2D eigenvalue weighted by Gasteiger charge is -2.20. The predicted octanol–water partition coefficient (Wildman–Crippen LogP) is 1.82. The normalized spacial score (nSPS) is 14.6. The van der Waals surface area contributed by atoms with E-state index in [1.807, 2.05) is 24.3 Å². The molecule has 0 radical (unpaired) electrons. The molecular weight excluding hydrogens is 246 g/mol. The molecule has 0 aliphatic heterocycles. The molecule has 5 heteroatoms. The molecule has 2 rings (SSSR count). The highest BCUT2D eigenvalue weighted by atomic mass is 32.2. The van der Waals surface area contributed by atoms with E-state index in [4.69, 9.17) is 5.73 Å². The first-order chi connectivity index (χ1) is 8.62. The number of hydrogen-bond donors (Lipinski definition) is 2. The molecule has 0 saturated heterocycles. The van der Waals surface area contributed by atoms with Crippen LogP contribution in [0.5, 0.6) is 0 Å². The minimum atomic E-state index is -0.796. The van der Waals surface area contributed by atoms with Crippen LogP contribution in [0, 0.1) is 0 Å². The van der Waals surface area contributed by atoms with Crippen molar-refractivity contribution in [3.8, 4) is 0 Å². The van der Waals surface area contributed by atoms with Crippen LogP contribution in [0.2, 0.25) is 0 Å². The van der Waals surface area contributed by atoms with Crippen molar-refractivity contribution in [2.24, 2.45) is 5.73 Å². The number of hydrogen-bond acceptors (Lipinski definition) is 5. The zero-order chi connectivity index (χ0) is 13.0. The van der Waals surface area contributed by atoms with Gasteiger partial charge in [0, 0.05) is 17.7 Å². The van der Waals surface area contributed by atoms with Crippen LogP contribution in [0.1, 0.15) is 13.3 Å². The summed E-state index contributed by atoms with van der Waals surface area (Å²) < 4.78 is 0. The van der Waals surface area contributed by atoms with Gasteiger partial charge in [0.05, 0.1) is 11.1 Å². The summed E-state index contributed by atoms with van der Waals surface area (Å²) in [6.07, 6.45) is 2.22. The van der Waals surface area contributed by atoms with Gasteiger partial charge in [0.25, 0.3) is 0 Å². The highest BCUT2D eigenvalue weighted by molar-refractivity contribution is 7.99. The maximum Gasteiger partial charge on any atom is 0.117 e. The van der Waals surface area contributed by atoms with Crippen LogP contribution < -0.4 is 5.73 Å². The van der Waals surface area contributed by atoms with Crippen LogP contribution in [-0.4, -0.2) is 33.0 Å². The number of nitrogens with two attached hydrogens (primary N) is 1. The summed E-state index contributed by atoms with van der Waals surface area (Å²) >= 11 is 1.63. The lowest BCUT2D eigenvalue weighted by atomic mass is 10.1. The average molecular weight is 263 g/mol. The number of aliphatic hydroxyl groups is 1. The van der Waals surface area contributed by atoms with E-state index in [2.05, 4.69) is 9.97 Å². The van der Waals surface area contributed by atoms with Crippen molar-refractivity contribution in [2.45, 2.75) is 24.0 Å². The molecule has 1 unspecified atom stereocenters. The van der Waals surface area contributed by atoms with Gasteiger partial charge in [0.2, 0.25) is 0 Å². The second-order valence-electron chi connectivity index (χ2n) is 4.50. The van der Waals surface area contributed by atoms with Gasteiger partial charge < -0.3 is 10.8 Å². The van der Waals surface area contributed by atoms with Crippen LogP contribution in [0.4, 0.5) is 0 Å². The Balaban J connectivity index is 2.08. The van der Waals surface area contributed by atoms with Crippen molar-refractivity contribution in [3.05, 3.63) is 30.6 Å². The zero-order valence-corrected chi connectivity index (χ0v) is 11.2. The van der Waals surface area contributed by atoms with Crippen molar-refractivity contribution in [2.75, 3.05) is 12.3 Å². The van der Waals surface area contributed by atoms with Gasteiger partial charge in [-0.1, -0.05) is 18.2 Å². The summed E-state index contributed by atoms with van der Waals surface area (Å²) in [7, 11) is 0. The van der Waals surface area contributed by atoms with Crippen LogP contribution in [0.3, 0.4) is 0 Å². The third-order valence-electron chi connectivity index (χ3n) is 2.83. The van der Waals surface area contributed by atoms with Crippen molar-refractivity contribution in [1.82, 2.24) is 9.97 Å². The Bertz CT molecular complexity index is 525. The molecule has 3 N–H and O–H groups in total. The van der Waals surface area contributed by atoms with Gasteiger partial charge in [-0.3, -0.25) is 0 Å². The fraction of sp³-hybridized carbons (Fsp3) is 0.385. The Hall–Kier alpha value is -1.17. The molecule has 0 aliphatic carbocycles. The molecule has 0 spiro atoms. The minimum Gasteiger partial charge on any atom is -0.389 e. The van der Waals surface area contributed by atoms with Crippen molar-refractivity contribution < 1.29 is 5.11 Å². The molecule has 0 fully saturated rings. The van der Waals surface area contributed by atoms with Crippen molar-refractivity contribution in [3.63, 3.8) is 0 Å². The number of aromatic nitrogens is 2. The Morgan fingerprint density at radius 3 is 2.89 bits per heavy atom. The van der Waals surface area contributed by atoms with Gasteiger partial charge in [-0.25, -0.2) is 9.97 Å². The molecule has 1 heterocycles. The Morgan fingerprint density at radius 2 is 2.11 bits per heavy atom. The molecule has 0 aliphatic rings. The largest absolute Gasteiger partial charge is 0.389 e. The molecule has 2 aromatic rings. The molecule has 4 nitrogen and oxygen atoms in total. The maximum absolute atomic E-state index is 9.84. The second-order valence-corrected chi connectivity index (χ2v) is 5.58. The molecule has 0 amide bonds. The van der Waals surface area contributed by atoms with Crippen molar-refractivity contribution in [1.29, 1.82) is 0 Å². The smallest absolute Gasteiger partial charge is 0.117 e. The number of fused-ring (bicyclic) bond motifs is 1. The molecule has 18 heavy (non-hydrogen) atoms. The lowest BCUT2D eigenvalue weighted by molar-refractivity contribution is 0.0665. The Morgan fingerprint density at radius 1 is 1.33 bits per heavy atom. The number of rotatable bonds is 5. The average Bonchev–Trinajstić information content (AvgIpc) is 2.39. The fourth-order valence-corrected chi connectivity index (χ4v) is 2.75. The third kappa shape index (κ3) is 3.19. The van der Waals surface area contributed by atoms with E-state index in [9.17, 15) is 5.11 Å². The summed E-state index contributed by atoms with van der Waals surface area (Å²) in [6.45, 7) is 2.03. The van der Waals surface area contributed by atoms with Crippen molar-refractivity contribution >= 4 is 22.7 Å². The lowest BCUT2D eigenvalue weighted by Crippen LogP contribution is -2.34. The number of thioether (sulfide) groups is 1. The summed E-state index contributed by atoms with van der Waals surface area (Å²) in [4.78, 5) is 8.51. The zero-order valence-electron chi connectivity index (χ0n) is 10.3. The Labute approximate surface area is 111 Å². The highest BCUT2D eigenvalue weighted by Gasteiger charge is 2.17. The standard InChI is InChI=1S/C13H17N3OS/c1-13(17,8-14)6-7-18-12-10-4-2-3-5-11(10)15-9-16-12/h2-5,9,17H,6-8,14H2,1H3. The van der Waals surface area contributed by atoms with Gasteiger partial charge in [-0.15, -0.1) is 11.8 Å².